The second kappa shape index (κ2) is 6.67. The molecule has 0 aliphatic carbocycles. The molecule has 0 N–H and O–H groups in total. The Bertz CT molecular complexity index is 206. The molecule has 0 aromatic carbocycles. The van der Waals surface area contributed by atoms with Gasteiger partial charge in [-0.25, -0.2) is 0 Å². The quantitative estimate of drug-likeness (QED) is 0.345. The van der Waals surface area contributed by atoms with Crippen molar-refractivity contribution in [1.82, 2.24) is 0 Å². The molecule has 0 rings (SSSR count). The Morgan fingerprint density at radius 3 is 2.75 bits per heavy atom. The maximum atomic E-state index is 8.42. The summed E-state index contributed by atoms with van der Waals surface area (Å²) in [6.45, 7) is 7.92. The van der Waals surface area contributed by atoms with Crippen molar-refractivity contribution in [3.63, 3.8) is 0 Å². The highest BCUT2D eigenvalue weighted by Gasteiger charge is 1.90. The van der Waals surface area contributed by atoms with Gasteiger partial charge in [-0.3, -0.25) is 0 Å². The monoisotopic (exact) mass is 163 g/mol. The molecule has 0 fully saturated rings. The summed E-state index contributed by atoms with van der Waals surface area (Å²) in [5, 5.41) is 8.42. The molecule has 0 aromatic heterocycles. The SMILES string of the molecule is C=C(C#N)CCCC=C(C)CC. The van der Waals surface area contributed by atoms with Gasteiger partial charge in [-0.1, -0.05) is 25.2 Å². The van der Waals surface area contributed by atoms with E-state index in [1.54, 1.807) is 0 Å². The normalized spacial score (nSPS) is 10.9. The molecule has 0 aliphatic heterocycles. The lowest BCUT2D eigenvalue weighted by Crippen LogP contribution is -1.78. The average molecular weight is 163 g/mol. The van der Waals surface area contributed by atoms with E-state index in [9.17, 15) is 0 Å². The van der Waals surface area contributed by atoms with E-state index in [-0.39, 0.29) is 0 Å². The van der Waals surface area contributed by atoms with Crippen molar-refractivity contribution in [1.29, 1.82) is 5.26 Å². The third kappa shape index (κ3) is 5.73. The van der Waals surface area contributed by atoms with Gasteiger partial charge in [0, 0.05) is 5.57 Å². The first-order chi connectivity index (χ1) is 5.70. The van der Waals surface area contributed by atoms with Crippen LogP contribution in [0.3, 0.4) is 0 Å². The molecule has 1 nitrogen and oxygen atoms in total. The fourth-order valence-corrected chi connectivity index (χ4v) is 0.864. The first kappa shape index (κ1) is 11.0. The van der Waals surface area contributed by atoms with Gasteiger partial charge >= 0.3 is 0 Å². The minimum Gasteiger partial charge on any atom is -0.193 e. The van der Waals surface area contributed by atoms with Crippen LogP contribution in [-0.2, 0) is 0 Å². The van der Waals surface area contributed by atoms with Crippen LogP contribution >= 0.6 is 0 Å². The Morgan fingerprint density at radius 1 is 1.58 bits per heavy atom. The van der Waals surface area contributed by atoms with Gasteiger partial charge in [-0.15, -0.1) is 0 Å². The standard InChI is InChI=1S/C11H17N/c1-4-10(2)7-5-6-8-11(3)9-12/h7H,3-6,8H2,1-2H3. The molecule has 12 heavy (non-hydrogen) atoms. The van der Waals surface area contributed by atoms with Crippen LogP contribution in [0, 0.1) is 11.3 Å². The van der Waals surface area contributed by atoms with E-state index in [0.717, 1.165) is 25.7 Å². The van der Waals surface area contributed by atoms with Crippen molar-refractivity contribution in [3.05, 3.63) is 23.8 Å². The summed E-state index contributed by atoms with van der Waals surface area (Å²) < 4.78 is 0. The summed E-state index contributed by atoms with van der Waals surface area (Å²) in [6, 6.07) is 2.05. The van der Waals surface area contributed by atoms with E-state index in [4.69, 9.17) is 5.26 Å². The van der Waals surface area contributed by atoms with E-state index in [1.807, 2.05) is 0 Å². The number of nitriles is 1. The van der Waals surface area contributed by atoms with Crippen molar-refractivity contribution < 1.29 is 0 Å². The molecule has 0 radical (unpaired) electrons. The molecule has 0 saturated carbocycles. The van der Waals surface area contributed by atoms with Crippen molar-refractivity contribution in [2.24, 2.45) is 0 Å². The Morgan fingerprint density at radius 2 is 2.25 bits per heavy atom. The van der Waals surface area contributed by atoms with Crippen LogP contribution in [0.25, 0.3) is 0 Å². The van der Waals surface area contributed by atoms with Gasteiger partial charge in [0.15, 0.2) is 0 Å². The first-order valence-corrected chi connectivity index (χ1v) is 4.44. The lowest BCUT2D eigenvalue weighted by molar-refractivity contribution is 0.840. The molecule has 0 aliphatic rings. The summed E-state index contributed by atoms with van der Waals surface area (Å²) in [7, 11) is 0. The van der Waals surface area contributed by atoms with E-state index < -0.39 is 0 Å². The number of hydrogen-bond donors (Lipinski definition) is 0. The van der Waals surface area contributed by atoms with Crippen LogP contribution < -0.4 is 0 Å². The number of unbranched alkanes of at least 4 members (excludes halogenated alkanes) is 1. The molecule has 0 amide bonds. The zero-order chi connectivity index (χ0) is 9.40. The molecule has 0 saturated heterocycles. The molecule has 0 aromatic rings. The fraction of sp³-hybridized carbons (Fsp3) is 0.545. The highest BCUT2D eigenvalue weighted by molar-refractivity contribution is 5.15. The summed E-state index contributed by atoms with van der Waals surface area (Å²) in [6.07, 6.45) is 6.32. The maximum Gasteiger partial charge on any atom is 0.0940 e. The summed E-state index contributed by atoms with van der Waals surface area (Å²) in [5.74, 6) is 0. The van der Waals surface area contributed by atoms with Crippen LogP contribution in [0.4, 0.5) is 0 Å². The maximum absolute atomic E-state index is 8.42. The highest BCUT2D eigenvalue weighted by Crippen LogP contribution is 2.07. The molecule has 0 spiro atoms. The van der Waals surface area contributed by atoms with E-state index >= 15 is 0 Å². The van der Waals surface area contributed by atoms with E-state index in [1.165, 1.54) is 5.57 Å². The predicted molar refractivity (Wildman–Crippen MR) is 52.7 cm³/mol. The fourth-order valence-electron chi connectivity index (χ4n) is 0.864. The summed E-state index contributed by atoms with van der Waals surface area (Å²) in [5.41, 5.74) is 2.12. The number of allylic oxidation sites excluding steroid dienone is 3. The number of nitrogens with zero attached hydrogens (tertiary/aromatic N) is 1. The van der Waals surface area contributed by atoms with Gasteiger partial charge in [-0.2, -0.15) is 5.26 Å². The van der Waals surface area contributed by atoms with E-state index in [2.05, 4.69) is 32.6 Å². The zero-order valence-electron chi connectivity index (χ0n) is 8.06. The zero-order valence-corrected chi connectivity index (χ0v) is 8.06. The molecule has 0 unspecified atom stereocenters. The highest BCUT2D eigenvalue weighted by atomic mass is 14.2. The third-order valence-electron chi connectivity index (χ3n) is 1.89. The third-order valence-corrected chi connectivity index (χ3v) is 1.89. The Hall–Kier alpha value is -1.03. The van der Waals surface area contributed by atoms with Crippen LogP contribution in [0.1, 0.15) is 39.5 Å². The van der Waals surface area contributed by atoms with Crippen molar-refractivity contribution in [3.8, 4) is 6.07 Å². The van der Waals surface area contributed by atoms with Gasteiger partial charge in [0.2, 0.25) is 0 Å². The molecule has 0 atom stereocenters. The van der Waals surface area contributed by atoms with Crippen molar-refractivity contribution in [2.45, 2.75) is 39.5 Å². The minimum atomic E-state index is 0.692. The molecular formula is C11H17N. The first-order valence-electron chi connectivity index (χ1n) is 4.44. The van der Waals surface area contributed by atoms with Gasteiger partial charge < -0.3 is 0 Å². The largest absolute Gasteiger partial charge is 0.193 e. The number of hydrogen-bond acceptors (Lipinski definition) is 1. The van der Waals surface area contributed by atoms with Crippen LogP contribution in [-0.4, -0.2) is 0 Å². The van der Waals surface area contributed by atoms with Crippen LogP contribution in [0.2, 0.25) is 0 Å². The summed E-state index contributed by atoms with van der Waals surface area (Å²) >= 11 is 0. The predicted octanol–water partition coefficient (Wildman–Crippen LogP) is 3.59. The van der Waals surface area contributed by atoms with Crippen LogP contribution in [0.15, 0.2) is 23.8 Å². The molecule has 66 valence electrons. The van der Waals surface area contributed by atoms with Crippen molar-refractivity contribution >= 4 is 0 Å². The van der Waals surface area contributed by atoms with Gasteiger partial charge in [-0.05, 0) is 32.6 Å². The van der Waals surface area contributed by atoms with Crippen molar-refractivity contribution in [2.75, 3.05) is 0 Å². The lowest BCUT2D eigenvalue weighted by Gasteiger charge is -1.96. The topological polar surface area (TPSA) is 23.8 Å². The van der Waals surface area contributed by atoms with Gasteiger partial charge in [0.1, 0.15) is 0 Å². The van der Waals surface area contributed by atoms with E-state index in [0.29, 0.717) is 5.57 Å². The molecule has 0 bridgehead atoms. The van der Waals surface area contributed by atoms with Gasteiger partial charge in [0.25, 0.3) is 0 Å². The molecule has 0 heterocycles. The average Bonchev–Trinajstić information content (AvgIpc) is 2.11. The molecular weight excluding hydrogens is 146 g/mol. The second-order valence-corrected chi connectivity index (χ2v) is 3.01. The smallest absolute Gasteiger partial charge is 0.0940 e. The summed E-state index contributed by atoms with van der Waals surface area (Å²) in [4.78, 5) is 0. The second-order valence-electron chi connectivity index (χ2n) is 3.01. The Labute approximate surface area is 75.4 Å². The Balaban J connectivity index is 3.46. The molecule has 1 heteroatoms. The minimum absolute atomic E-state index is 0.692. The Kier molecular flexibility index (Phi) is 6.09. The lowest BCUT2D eigenvalue weighted by atomic mass is 10.1. The van der Waals surface area contributed by atoms with Gasteiger partial charge in [0.05, 0.1) is 6.07 Å². The number of rotatable bonds is 5. The van der Waals surface area contributed by atoms with Crippen LogP contribution in [0.5, 0.6) is 0 Å².